The van der Waals surface area contributed by atoms with Gasteiger partial charge >= 0.3 is 6.61 Å². The molecule has 3 atom stereocenters. The topological polar surface area (TPSA) is 99.5 Å². The van der Waals surface area contributed by atoms with E-state index in [1.807, 2.05) is 4.90 Å². The smallest absolute Gasteiger partial charge is 0.345 e. The largest absolute Gasteiger partial charge is 0.366 e. The second-order valence-corrected chi connectivity index (χ2v) is 12.4. The SMILES string of the molecule is CCS(=O)(=O)c1ccc([C@H](CC#N)NC(=O)c2ccc(N3C[C@@H](c4ccc(F)cc4)CC[C@H]3COC(F)F)cc2)cc1. The molecule has 3 aromatic rings. The number of amides is 1. The molecule has 3 aromatic carbocycles. The molecule has 0 radical (unpaired) electrons. The number of nitriles is 1. The van der Waals surface area contributed by atoms with E-state index in [9.17, 15) is 31.6 Å². The van der Waals surface area contributed by atoms with Crippen molar-refractivity contribution < 1.29 is 31.1 Å². The molecule has 0 unspecified atom stereocenters. The van der Waals surface area contributed by atoms with Gasteiger partial charge < -0.3 is 15.0 Å². The third-order valence-corrected chi connectivity index (χ3v) is 9.30. The van der Waals surface area contributed by atoms with E-state index in [4.69, 9.17) is 0 Å². The average molecular weight is 600 g/mol. The fraction of sp³-hybridized carbons (Fsp3) is 0.355. The zero-order valence-electron chi connectivity index (χ0n) is 23.0. The highest BCUT2D eigenvalue weighted by molar-refractivity contribution is 7.91. The van der Waals surface area contributed by atoms with Crippen LogP contribution in [0.1, 0.15) is 59.6 Å². The molecule has 4 rings (SSSR count). The van der Waals surface area contributed by atoms with Gasteiger partial charge in [0, 0.05) is 23.7 Å². The van der Waals surface area contributed by atoms with Gasteiger partial charge in [0.15, 0.2) is 9.84 Å². The molecule has 1 amide bonds. The predicted octanol–water partition coefficient (Wildman–Crippen LogP) is 6.00. The van der Waals surface area contributed by atoms with Crippen LogP contribution < -0.4 is 10.2 Å². The van der Waals surface area contributed by atoms with Gasteiger partial charge in [0.1, 0.15) is 5.82 Å². The number of rotatable bonds is 11. The van der Waals surface area contributed by atoms with Crippen molar-refractivity contribution in [3.8, 4) is 6.07 Å². The number of nitrogens with one attached hydrogen (secondary N) is 1. The summed E-state index contributed by atoms with van der Waals surface area (Å²) in [5.74, 6) is -0.735. The van der Waals surface area contributed by atoms with Crippen LogP contribution >= 0.6 is 0 Å². The Morgan fingerprint density at radius 3 is 2.31 bits per heavy atom. The lowest BCUT2D eigenvalue weighted by atomic mass is 9.87. The number of hydrogen-bond donors (Lipinski definition) is 1. The van der Waals surface area contributed by atoms with Crippen LogP contribution in [-0.4, -0.2) is 45.9 Å². The zero-order valence-corrected chi connectivity index (χ0v) is 23.9. The van der Waals surface area contributed by atoms with Gasteiger partial charge in [-0.3, -0.25) is 4.79 Å². The number of anilines is 1. The molecule has 0 aromatic heterocycles. The molecule has 1 aliphatic rings. The van der Waals surface area contributed by atoms with Crippen LogP contribution in [0.3, 0.4) is 0 Å². The summed E-state index contributed by atoms with van der Waals surface area (Å²) in [5.41, 5.74) is 2.61. The van der Waals surface area contributed by atoms with Gasteiger partial charge in [-0.2, -0.15) is 14.0 Å². The summed E-state index contributed by atoms with van der Waals surface area (Å²) >= 11 is 0. The molecule has 0 saturated carbocycles. The summed E-state index contributed by atoms with van der Waals surface area (Å²) < 4.78 is 68.0. The normalized spacial score (nSPS) is 18.0. The van der Waals surface area contributed by atoms with Crippen LogP contribution in [0.4, 0.5) is 18.9 Å². The molecule has 7 nitrogen and oxygen atoms in total. The van der Waals surface area contributed by atoms with Crippen molar-refractivity contribution in [3.05, 3.63) is 95.3 Å². The summed E-state index contributed by atoms with van der Waals surface area (Å²) in [6, 6.07) is 20.2. The van der Waals surface area contributed by atoms with Gasteiger partial charge in [0.25, 0.3) is 5.91 Å². The number of benzene rings is 3. The minimum atomic E-state index is -3.38. The van der Waals surface area contributed by atoms with Crippen LogP contribution in [0.5, 0.6) is 0 Å². The molecule has 1 heterocycles. The molecular formula is C31H32F3N3O4S. The van der Waals surface area contributed by atoms with Gasteiger partial charge in [-0.1, -0.05) is 31.2 Å². The Balaban J connectivity index is 1.50. The van der Waals surface area contributed by atoms with E-state index in [-0.39, 0.29) is 41.5 Å². The monoisotopic (exact) mass is 599 g/mol. The van der Waals surface area contributed by atoms with E-state index in [1.165, 1.54) is 24.3 Å². The Kier molecular flexibility index (Phi) is 10.2. The second kappa shape index (κ2) is 13.9. The van der Waals surface area contributed by atoms with Gasteiger partial charge in [-0.15, -0.1) is 0 Å². The predicted molar refractivity (Wildman–Crippen MR) is 153 cm³/mol. The van der Waals surface area contributed by atoms with Gasteiger partial charge in [-0.05, 0) is 72.5 Å². The Hall–Kier alpha value is -3.88. The quantitative estimate of drug-likeness (QED) is 0.291. The number of halogens is 3. The second-order valence-electron chi connectivity index (χ2n) is 10.1. The summed E-state index contributed by atoms with van der Waals surface area (Å²) in [6.07, 6.45) is 1.30. The summed E-state index contributed by atoms with van der Waals surface area (Å²) in [6.45, 7) is -0.992. The highest BCUT2D eigenvalue weighted by Crippen LogP contribution is 2.34. The molecule has 1 saturated heterocycles. The number of carbonyl (C=O) groups is 1. The third-order valence-electron chi connectivity index (χ3n) is 7.55. The molecular weight excluding hydrogens is 567 g/mol. The van der Waals surface area contributed by atoms with Crippen LogP contribution in [0, 0.1) is 17.1 Å². The lowest BCUT2D eigenvalue weighted by molar-refractivity contribution is -0.133. The van der Waals surface area contributed by atoms with Crippen LogP contribution in [0.15, 0.2) is 77.7 Å². The van der Waals surface area contributed by atoms with Crippen molar-refractivity contribution in [2.24, 2.45) is 0 Å². The van der Waals surface area contributed by atoms with Gasteiger partial charge in [0.05, 0.1) is 41.8 Å². The fourth-order valence-electron chi connectivity index (χ4n) is 5.17. The Morgan fingerprint density at radius 2 is 1.71 bits per heavy atom. The van der Waals surface area contributed by atoms with E-state index in [2.05, 4.69) is 16.1 Å². The highest BCUT2D eigenvalue weighted by Gasteiger charge is 2.30. The molecule has 0 spiro atoms. The molecule has 1 fully saturated rings. The molecule has 1 N–H and O–H groups in total. The summed E-state index contributed by atoms with van der Waals surface area (Å²) in [4.78, 5) is 15.3. The number of piperidine rings is 1. The number of alkyl halides is 2. The number of nitrogens with zero attached hydrogens (tertiary/aromatic N) is 2. The van der Waals surface area contributed by atoms with Crippen LogP contribution in [0.2, 0.25) is 0 Å². The first-order valence-corrected chi connectivity index (χ1v) is 15.3. The number of hydrogen-bond acceptors (Lipinski definition) is 6. The van der Waals surface area contributed by atoms with E-state index in [0.29, 0.717) is 24.1 Å². The van der Waals surface area contributed by atoms with E-state index >= 15 is 0 Å². The zero-order chi connectivity index (χ0) is 30.3. The summed E-state index contributed by atoms with van der Waals surface area (Å²) in [5, 5.41) is 12.2. The maximum atomic E-state index is 13.5. The first-order chi connectivity index (χ1) is 20.1. The van der Waals surface area contributed by atoms with Crippen LogP contribution in [0.25, 0.3) is 0 Å². The number of sulfone groups is 1. The van der Waals surface area contributed by atoms with Gasteiger partial charge in [0.2, 0.25) is 0 Å². The first kappa shape index (κ1) is 31.1. The van der Waals surface area contributed by atoms with Crippen molar-refractivity contribution in [3.63, 3.8) is 0 Å². The summed E-state index contributed by atoms with van der Waals surface area (Å²) in [7, 11) is -3.38. The third kappa shape index (κ3) is 7.69. The number of ether oxygens (including phenoxy) is 1. The minimum absolute atomic E-state index is 0.0198. The van der Waals surface area contributed by atoms with E-state index in [0.717, 1.165) is 17.7 Å². The van der Waals surface area contributed by atoms with Gasteiger partial charge in [-0.25, -0.2) is 12.8 Å². The maximum Gasteiger partial charge on any atom is 0.345 e. The number of carbonyl (C=O) groups excluding carboxylic acids is 1. The Labute approximate surface area is 243 Å². The van der Waals surface area contributed by atoms with E-state index < -0.39 is 28.4 Å². The molecule has 11 heteroatoms. The van der Waals surface area contributed by atoms with E-state index in [1.54, 1.807) is 55.5 Å². The molecule has 0 aliphatic carbocycles. The molecule has 222 valence electrons. The highest BCUT2D eigenvalue weighted by atomic mass is 32.2. The van der Waals surface area contributed by atoms with Crippen molar-refractivity contribution >= 4 is 21.4 Å². The van der Waals surface area contributed by atoms with Crippen molar-refractivity contribution in [2.45, 2.75) is 55.7 Å². The Morgan fingerprint density at radius 1 is 1.05 bits per heavy atom. The lowest BCUT2D eigenvalue weighted by Gasteiger charge is -2.41. The Bertz CT molecular complexity index is 1490. The first-order valence-electron chi connectivity index (χ1n) is 13.6. The van der Waals surface area contributed by atoms with Crippen molar-refractivity contribution in [1.29, 1.82) is 5.26 Å². The molecule has 42 heavy (non-hydrogen) atoms. The minimum Gasteiger partial charge on any atom is -0.366 e. The molecule has 1 aliphatic heterocycles. The average Bonchev–Trinajstić information content (AvgIpc) is 3.00. The molecule has 0 bridgehead atoms. The van der Waals surface area contributed by atoms with Crippen LogP contribution in [-0.2, 0) is 14.6 Å². The standard InChI is InChI=1S/C31H32F3N3O4S/c1-2-42(39,40)28-15-8-22(9-16-28)29(17-18-35)36-30(38)23-5-12-26(13-6-23)37-19-24(21-3-10-25(32)11-4-21)7-14-27(37)20-41-31(33)34/h3-6,8-13,15-16,24,27,29,31H,2,7,14,17,19-20H2,1H3,(H,36,38)/t24-,27-,29-/m0/s1. The maximum absolute atomic E-state index is 13.5. The van der Waals surface area contributed by atoms with Crippen molar-refractivity contribution in [2.75, 3.05) is 23.8 Å². The lowest BCUT2D eigenvalue weighted by Crippen LogP contribution is -2.45. The fourth-order valence-corrected chi connectivity index (χ4v) is 6.06. The van der Waals surface area contributed by atoms with Crippen molar-refractivity contribution in [1.82, 2.24) is 5.32 Å².